The van der Waals surface area contributed by atoms with Crippen LogP contribution in [0.2, 0.25) is 5.02 Å². The highest BCUT2D eigenvalue weighted by molar-refractivity contribution is 6.31. The van der Waals surface area contributed by atoms with Crippen molar-refractivity contribution in [2.75, 3.05) is 20.3 Å². The van der Waals surface area contributed by atoms with E-state index in [1.54, 1.807) is 20.8 Å². The number of halogens is 5. The molecule has 0 aliphatic carbocycles. The van der Waals surface area contributed by atoms with E-state index in [4.69, 9.17) is 31.5 Å². The molecular formula is C32H35ClF4N4O7. The number of hydrogen-bond acceptors (Lipinski definition) is 8. The van der Waals surface area contributed by atoms with Crippen molar-refractivity contribution in [1.82, 2.24) is 15.6 Å². The molecule has 2 aromatic carbocycles. The predicted octanol–water partition coefficient (Wildman–Crippen LogP) is 5.35. The molecule has 3 aromatic rings. The fraction of sp³-hybridized carbons (Fsp3) is 0.375. The number of aliphatic hydroxyl groups is 1. The Hall–Kier alpha value is -4.63. The lowest BCUT2D eigenvalue weighted by Gasteiger charge is -2.33. The Bertz CT molecular complexity index is 1700. The van der Waals surface area contributed by atoms with Gasteiger partial charge in [0.15, 0.2) is 18.1 Å². The highest BCUT2D eigenvalue weighted by Crippen LogP contribution is 2.40. The van der Waals surface area contributed by atoms with Gasteiger partial charge in [-0.2, -0.15) is 13.2 Å². The van der Waals surface area contributed by atoms with Gasteiger partial charge in [0.1, 0.15) is 11.4 Å². The summed E-state index contributed by atoms with van der Waals surface area (Å²) in [5, 5.41) is 15.6. The zero-order valence-electron chi connectivity index (χ0n) is 26.8. The number of aromatic nitrogens is 1. The van der Waals surface area contributed by atoms with Crippen LogP contribution in [0.15, 0.2) is 48.5 Å². The summed E-state index contributed by atoms with van der Waals surface area (Å²) in [6.07, 6.45) is -6.28. The molecule has 0 spiro atoms. The SMILES string of the molecule is COc1cc(C(=O)NCC(O)(c2cc(C(C)(C)NC(=O)OC(C)(C)C)cc(-c3ccc(F)c(Cl)c3)n2)C(F)(F)F)ccc1OCC(N)=O. The van der Waals surface area contributed by atoms with Crippen LogP contribution in [0.1, 0.15) is 56.2 Å². The van der Waals surface area contributed by atoms with E-state index in [1.165, 1.54) is 45.2 Å². The molecule has 1 heterocycles. The number of amides is 3. The van der Waals surface area contributed by atoms with E-state index in [1.807, 2.05) is 0 Å². The van der Waals surface area contributed by atoms with Gasteiger partial charge in [0, 0.05) is 11.1 Å². The molecule has 260 valence electrons. The van der Waals surface area contributed by atoms with Crippen LogP contribution in [0.5, 0.6) is 11.5 Å². The Morgan fingerprint density at radius 1 is 0.979 bits per heavy atom. The van der Waals surface area contributed by atoms with Gasteiger partial charge in [-0.1, -0.05) is 11.6 Å². The number of nitrogens with zero attached hydrogens (tertiary/aromatic N) is 1. The van der Waals surface area contributed by atoms with E-state index >= 15 is 0 Å². The van der Waals surface area contributed by atoms with Gasteiger partial charge in [-0.05, 0) is 88.7 Å². The third-order valence-corrected chi connectivity index (χ3v) is 7.06. The van der Waals surface area contributed by atoms with E-state index in [0.717, 1.165) is 24.3 Å². The van der Waals surface area contributed by atoms with Crippen LogP contribution in [0, 0.1) is 5.82 Å². The molecule has 0 aliphatic rings. The first-order valence-electron chi connectivity index (χ1n) is 14.2. The van der Waals surface area contributed by atoms with Crippen LogP contribution in [0.3, 0.4) is 0 Å². The Balaban J connectivity index is 2.08. The number of benzene rings is 2. The molecule has 0 bridgehead atoms. The number of primary amides is 1. The van der Waals surface area contributed by atoms with E-state index in [9.17, 15) is 37.1 Å². The molecule has 16 heteroatoms. The number of nitrogens with two attached hydrogens (primary N) is 1. The first-order valence-corrected chi connectivity index (χ1v) is 14.6. The minimum atomic E-state index is -5.41. The van der Waals surface area contributed by atoms with E-state index < -0.39 is 65.5 Å². The average Bonchev–Trinajstić information content (AvgIpc) is 2.97. The number of ether oxygens (including phenoxy) is 3. The minimum Gasteiger partial charge on any atom is -0.493 e. The van der Waals surface area contributed by atoms with Gasteiger partial charge in [0.05, 0.1) is 35.6 Å². The lowest BCUT2D eigenvalue weighted by atomic mass is 9.88. The summed E-state index contributed by atoms with van der Waals surface area (Å²) in [4.78, 5) is 40.8. The maximum atomic E-state index is 14.8. The summed E-state index contributed by atoms with van der Waals surface area (Å²) >= 11 is 5.94. The lowest BCUT2D eigenvalue weighted by molar-refractivity contribution is -0.265. The van der Waals surface area contributed by atoms with Gasteiger partial charge in [-0.3, -0.25) is 9.59 Å². The van der Waals surface area contributed by atoms with Crippen LogP contribution in [-0.2, 0) is 20.7 Å². The van der Waals surface area contributed by atoms with E-state index in [2.05, 4.69) is 15.6 Å². The molecule has 11 nitrogen and oxygen atoms in total. The molecule has 0 aliphatic heterocycles. The molecular weight excluding hydrogens is 664 g/mol. The van der Waals surface area contributed by atoms with Crippen LogP contribution < -0.4 is 25.8 Å². The van der Waals surface area contributed by atoms with Crippen LogP contribution in [0.25, 0.3) is 11.3 Å². The van der Waals surface area contributed by atoms with Crippen LogP contribution >= 0.6 is 11.6 Å². The molecule has 0 radical (unpaired) electrons. The van der Waals surface area contributed by atoms with Crippen molar-refractivity contribution >= 4 is 29.5 Å². The number of alkyl carbamates (subject to hydrolysis) is 1. The summed E-state index contributed by atoms with van der Waals surface area (Å²) in [7, 11) is 1.24. The van der Waals surface area contributed by atoms with Crippen molar-refractivity contribution in [1.29, 1.82) is 0 Å². The number of carbonyl (C=O) groups is 3. The topological polar surface area (TPSA) is 162 Å². The monoisotopic (exact) mass is 698 g/mol. The van der Waals surface area contributed by atoms with Gasteiger partial charge in [-0.25, -0.2) is 14.2 Å². The number of alkyl halides is 3. The maximum Gasteiger partial charge on any atom is 0.424 e. The van der Waals surface area contributed by atoms with Crippen molar-refractivity contribution < 1.29 is 51.3 Å². The van der Waals surface area contributed by atoms with Gasteiger partial charge in [0.25, 0.3) is 11.8 Å². The molecule has 1 aromatic heterocycles. The number of nitrogens with one attached hydrogen (secondary N) is 2. The molecule has 1 atom stereocenters. The van der Waals surface area contributed by atoms with Crippen molar-refractivity contribution in [2.45, 2.75) is 57.5 Å². The molecule has 3 rings (SSSR count). The molecule has 3 amide bonds. The fourth-order valence-corrected chi connectivity index (χ4v) is 4.44. The number of methoxy groups -OCH3 is 1. The summed E-state index contributed by atoms with van der Waals surface area (Å²) < 4.78 is 73.9. The minimum absolute atomic E-state index is 0.0216. The summed E-state index contributed by atoms with van der Waals surface area (Å²) in [5.74, 6) is -2.59. The predicted molar refractivity (Wildman–Crippen MR) is 167 cm³/mol. The fourth-order valence-electron chi connectivity index (χ4n) is 4.26. The van der Waals surface area contributed by atoms with Gasteiger partial charge < -0.3 is 35.7 Å². The highest BCUT2D eigenvalue weighted by Gasteiger charge is 2.56. The summed E-state index contributed by atoms with van der Waals surface area (Å²) in [6, 6.07) is 9.22. The first-order chi connectivity index (χ1) is 22.1. The quantitative estimate of drug-likeness (QED) is 0.195. The molecule has 0 fully saturated rings. The van der Waals surface area contributed by atoms with Crippen LogP contribution in [-0.4, -0.2) is 60.0 Å². The highest BCUT2D eigenvalue weighted by atomic mass is 35.5. The second-order valence-corrected chi connectivity index (χ2v) is 12.6. The molecule has 1 unspecified atom stereocenters. The molecule has 0 saturated heterocycles. The van der Waals surface area contributed by atoms with Crippen molar-refractivity contribution in [3.8, 4) is 22.8 Å². The number of hydrogen-bond donors (Lipinski definition) is 4. The average molecular weight is 699 g/mol. The molecule has 5 N–H and O–H groups in total. The number of rotatable bonds is 11. The standard InChI is InChI=1S/C32H35ClF4N4O7/c1-29(2,3)48-28(44)41-30(4,5)19-13-22(17-7-9-21(34)20(33)11-17)40-25(14-19)31(45,32(35,36)37)16-39-27(43)18-8-10-23(24(12-18)46-6)47-15-26(38)42/h7-14,45H,15-16H2,1-6H3,(H2,38,42)(H,39,43)(H,41,44). The normalized spacial score (nSPS) is 13.2. The van der Waals surface area contributed by atoms with Gasteiger partial charge >= 0.3 is 12.3 Å². The lowest BCUT2D eigenvalue weighted by Crippen LogP contribution is -2.52. The third-order valence-electron chi connectivity index (χ3n) is 6.77. The zero-order chi connectivity index (χ0) is 36.2. The van der Waals surface area contributed by atoms with Gasteiger partial charge in [-0.15, -0.1) is 0 Å². The second kappa shape index (κ2) is 14.2. The zero-order valence-corrected chi connectivity index (χ0v) is 27.6. The Kier molecular flexibility index (Phi) is 11.2. The summed E-state index contributed by atoms with van der Waals surface area (Å²) in [5.41, 5.74) is -2.17. The first kappa shape index (κ1) is 37.8. The van der Waals surface area contributed by atoms with Crippen molar-refractivity contribution in [3.05, 3.63) is 76.2 Å². The Morgan fingerprint density at radius 3 is 2.21 bits per heavy atom. The smallest absolute Gasteiger partial charge is 0.424 e. The maximum absolute atomic E-state index is 14.8. The Labute approximate surface area is 278 Å². The van der Waals surface area contributed by atoms with Crippen molar-refractivity contribution in [3.63, 3.8) is 0 Å². The second-order valence-electron chi connectivity index (χ2n) is 12.2. The van der Waals surface area contributed by atoms with E-state index in [0.29, 0.717) is 0 Å². The van der Waals surface area contributed by atoms with E-state index in [-0.39, 0.29) is 38.9 Å². The number of carbonyl (C=O) groups excluding carboxylic acids is 3. The van der Waals surface area contributed by atoms with Crippen LogP contribution in [0.4, 0.5) is 22.4 Å². The van der Waals surface area contributed by atoms with Gasteiger partial charge in [0.2, 0.25) is 5.60 Å². The number of pyridine rings is 1. The largest absolute Gasteiger partial charge is 0.493 e. The van der Waals surface area contributed by atoms with Crippen molar-refractivity contribution in [2.24, 2.45) is 5.73 Å². The third kappa shape index (κ3) is 9.25. The summed E-state index contributed by atoms with van der Waals surface area (Å²) in [6.45, 7) is 5.94. The Morgan fingerprint density at radius 2 is 1.65 bits per heavy atom. The molecule has 0 saturated carbocycles. The molecule has 48 heavy (non-hydrogen) atoms.